The maximum Gasteiger partial charge on any atom is 0.387 e. The molecule has 2 heterocycles. The summed E-state index contributed by atoms with van der Waals surface area (Å²) in [4.78, 5) is 16.4. The average molecular weight is 366 g/mol. The molecule has 7 nitrogen and oxygen atoms in total. The SMILES string of the molecule is CCc1nnc(CN2CCN(C(=O)c3ccccc3OC(F)F)CC2)o1. The zero-order chi connectivity index (χ0) is 18.5. The van der Waals surface area contributed by atoms with Crippen molar-refractivity contribution in [2.75, 3.05) is 26.2 Å². The lowest BCUT2D eigenvalue weighted by Crippen LogP contribution is -2.48. The number of benzene rings is 1. The number of nitrogens with zero attached hydrogens (tertiary/aromatic N) is 4. The Morgan fingerprint density at radius 1 is 1.19 bits per heavy atom. The van der Waals surface area contributed by atoms with Gasteiger partial charge in [0.15, 0.2) is 0 Å². The Labute approximate surface area is 149 Å². The lowest BCUT2D eigenvalue weighted by Gasteiger charge is -2.34. The second-order valence-corrected chi connectivity index (χ2v) is 5.89. The fourth-order valence-electron chi connectivity index (χ4n) is 2.81. The largest absolute Gasteiger partial charge is 0.434 e. The van der Waals surface area contributed by atoms with E-state index < -0.39 is 6.61 Å². The van der Waals surface area contributed by atoms with Gasteiger partial charge in [-0.1, -0.05) is 19.1 Å². The van der Waals surface area contributed by atoms with E-state index in [0.29, 0.717) is 50.9 Å². The number of rotatable bonds is 6. The van der Waals surface area contributed by atoms with Gasteiger partial charge in [-0.3, -0.25) is 9.69 Å². The molecule has 0 radical (unpaired) electrons. The molecule has 140 valence electrons. The molecular weight excluding hydrogens is 346 g/mol. The monoisotopic (exact) mass is 366 g/mol. The van der Waals surface area contributed by atoms with Gasteiger partial charge in [-0.2, -0.15) is 8.78 Å². The van der Waals surface area contributed by atoms with E-state index in [4.69, 9.17) is 4.42 Å². The molecule has 1 aromatic heterocycles. The molecular formula is C17H20F2N4O3. The van der Waals surface area contributed by atoms with Crippen molar-refractivity contribution >= 4 is 5.91 Å². The summed E-state index contributed by atoms with van der Waals surface area (Å²) in [6.45, 7) is 1.73. The highest BCUT2D eigenvalue weighted by molar-refractivity contribution is 5.97. The Hall–Kier alpha value is -2.55. The van der Waals surface area contributed by atoms with E-state index in [0.717, 1.165) is 0 Å². The van der Waals surface area contributed by atoms with E-state index in [1.54, 1.807) is 17.0 Å². The molecule has 0 atom stereocenters. The number of hydrogen-bond acceptors (Lipinski definition) is 6. The van der Waals surface area contributed by atoms with Crippen LogP contribution in [0.5, 0.6) is 5.75 Å². The van der Waals surface area contributed by atoms with Gasteiger partial charge >= 0.3 is 6.61 Å². The smallest absolute Gasteiger partial charge is 0.387 e. The third kappa shape index (κ3) is 4.34. The van der Waals surface area contributed by atoms with Crippen molar-refractivity contribution in [1.29, 1.82) is 0 Å². The molecule has 9 heteroatoms. The van der Waals surface area contributed by atoms with E-state index in [1.165, 1.54) is 12.1 Å². The van der Waals surface area contributed by atoms with Crippen LogP contribution in [-0.2, 0) is 13.0 Å². The highest BCUT2D eigenvalue weighted by atomic mass is 19.3. The van der Waals surface area contributed by atoms with Gasteiger partial charge in [0.1, 0.15) is 5.75 Å². The molecule has 0 unspecified atom stereocenters. The van der Waals surface area contributed by atoms with Crippen molar-refractivity contribution in [3.63, 3.8) is 0 Å². The van der Waals surface area contributed by atoms with Gasteiger partial charge in [0, 0.05) is 32.6 Å². The summed E-state index contributed by atoms with van der Waals surface area (Å²) in [5.41, 5.74) is 0.144. The van der Waals surface area contributed by atoms with Crippen molar-refractivity contribution in [2.24, 2.45) is 0 Å². The highest BCUT2D eigenvalue weighted by Gasteiger charge is 2.25. The Morgan fingerprint density at radius 2 is 1.88 bits per heavy atom. The maximum absolute atomic E-state index is 12.7. The minimum Gasteiger partial charge on any atom is -0.434 e. The summed E-state index contributed by atoms with van der Waals surface area (Å²) >= 11 is 0. The lowest BCUT2D eigenvalue weighted by atomic mass is 10.1. The summed E-state index contributed by atoms with van der Waals surface area (Å²) in [6.07, 6.45) is 0.690. The van der Waals surface area contributed by atoms with Crippen LogP contribution in [0.3, 0.4) is 0 Å². The molecule has 0 aliphatic carbocycles. The number of alkyl halides is 2. The number of halogens is 2. The first-order valence-electron chi connectivity index (χ1n) is 8.43. The summed E-state index contributed by atoms with van der Waals surface area (Å²) in [5.74, 6) is 0.738. The number of amides is 1. The average Bonchev–Trinajstić information content (AvgIpc) is 3.09. The van der Waals surface area contributed by atoms with E-state index in [-0.39, 0.29) is 17.2 Å². The number of piperazine rings is 1. The zero-order valence-electron chi connectivity index (χ0n) is 14.4. The van der Waals surface area contributed by atoms with Crippen LogP contribution in [0, 0.1) is 0 Å². The molecule has 1 amide bonds. The first kappa shape index (κ1) is 18.2. The normalized spacial score (nSPS) is 15.5. The van der Waals surface area contributed by atoms with Crippen molar-refractivity contribution in [1.82, 2.24) is 20.0 Å². The summed E-state index contributed by atoms with van der Waals surface area (Å²) in [5, 5.41) is 7.93. The van der Waals surface area contributed by atoms with Gasteiger partial charge in [-0.25, -0.2) is 0 Å². The van der Waals surface area contributed by atoms with Gasteiger partial charge in [0.05, 0.1) is 12.1 Å². The van der Waals surface area contributed by atoms with Crippen LogP contribution < -0.4 is 4.74 Å². The van der Waals surface area contributed by atoms with Crippen LogP contribution in [0.15, 0.2) is 28.7 Å². The molecule has 2 aromatic rings. The topological polar surface area (TPSA) is 71.7 Å². The molecule has 0 saturated carbocycles. The van der Waals surface area contributed by atoms with Crippen molar-refractivity contribution in [2.45, 2.75) is 26.5 Å². The second kappa shape index (κ2) is 8.22. The maximum atomic E-state index is 12.7. The number of carbonyl (C=O) groups is 1. The van der Waals surface area contributed by atoms with Crippen LogP contribution in [-0.4, -0.2) is 58.7 Å². The van der Waals surface area contributed by atoms with Crippen LogP contribution >= 0.6 is 0 Å². The number of hydrogen-bond donors (Lipinski definition) is 0. The van der Waals surface area contributed by atoms with E-state index in [1.807, 2.05) is 6.92 Å². The number of ether oxygens (including phenoxy) is 1. The molecule has 1 aliphatic rings. The Morgan fingerprint density at radius 3 is 2.54 bits per heavy atom. The van der Waals surface area contributed by atoms with E-state index >= 15 is 0 Å². The van der Waals surface area contributed by atoms with Crippen LogP contribution in [0.4, 0.5) is 8.78 Å². The fraction of sp³-hybridized carbons (Fsp3) is 0.471. The minimum atomic E-state index is -2.97. The van der Waals surface area contributed by atoms with Crippen molar-refractivity contribution in [3.05, 3.63) is 41.6 Å². The third-order valence-corrected chi connectivity index (χ3v) is 4.16. The van der Waals surface area contributed by atoms with Crippen LogP contribution in [0.25, 0.3) is 0 Å². The zero-order valence-corrected chi connectivity index (χ0v) is 14.4. The van der Waals surface area contributed by atoms with Gasteiger partial charge in [0.25, 0.3) is 5.91 Å². The molecule has 1 aliphatic heterocycles. The molecule has 0 spiro atoms. The first-order chi connectivity index (χ1) is 12.6. The van der Waals surface area contributed by atoms with Gasteiger partial charge in [-0.15, -0.1) is 10.2 Å². The molecule has 1 saturated heterocycles. The molecule has 1 fully saturated rings. The summed E-state index contributed by atoms with van der Waals surface area (Å²) < 4.78 is 35.0. The number of carbonyl (C=O) groups excluding carboxylic acids is 1. The third-order valence-electron chi connectivity index (χ3n) is 4.16. The number of aromatic nitrogens is 2. The number of aryl methyl sites for hydroxylation is 1. The first-order valence-corrected chi connectivity index (χ1v) is 8.43. The van der Waals surface area contributed by atoms with Gasteiger partial charge < -0.3 is 14.1 Å². The van der Waals surface area contributed by atoms with Crippen molar-refractivity contribution < 1.29 is 22.7 Å². The predicted molar refractivity (Wildman–Crippen MR) is 87.9 cm³/mol. The molecule has 0 N–H and O–H groups in total. The lowest BCUT2D eigenvalue weighted by molar-refractivity contribution is -0.0503. The Balaban J connectivity index is 1.58. The Kier molecular flexibility index (Phi) is 5.77. The van der Waals surface area contributed by atoms with Gasteiger partial charge in [0.2, 0.25) is 11.8 Å². The molecule has 26 heavy (non-hydrogen) atoms. The minimum absolute atomic E-state index is 0.104. The molecule has 3 rings (SSSR count). The standard InChI is InChI=1S/C17H20F2N4O3/c1-2-14-20-21-15(26-14)11-22-7-9-23(10-8-22)16(24)12-5-3-4-6-13(12)25-17(18)19/h3-6,17H,2,7-11H2,1H3. The number of para-hydroxylation sites is 1. The molecule has 0 bridgehead atoms. The fourth-order valence-corrected chi connectivity index (χ4v) is 2.81. The van der Waals surface area contributed by atoms with Crippen LogP contribution in [0.2, 0.25) is 0 Å². The summed E-state index contributed by atoms with van der Waals surface area (Å²) in [6, 6.07) is 6.05. The van der Waals surface area contributed by atoms with Crippen LogP contribution in [0.1, 0.15) is 29.1 Å². The summed E-state index contributed by atoms with van der Waals surface area (Å²) in [7, 11) is 0. The van der Waals surface area contributed by atoms with Gasteiger partial charge in [-0.05, 0) is 12.1 Å². The van der Waals surface area contributed by atoms with E-state index in [2.05, 4.69) is 19.8 Å². The Bertz CT molecular complexity index is 745. The predicted octanol–water partition coefficient (Wildman–Crippen LogP) is 2.19. The van der Waals surface area contributed by atoms with E-state index in [9.17, 15) is 13.6 Å². The quantitative estimate of drug-likeness (QED) is 0.780. The highest BCUT2D eigenvalue weighted by Crippen LogP contribution is 2.22. The molecule has 1 aromatic carbocycles. The van der Waals surface area contributed by atoms with Crippen molar-refractivity contribution in [3.8, 4) is 5.75 Å². The second-order valence-electron chi connectivity index (χ2n) is 5.89.